The first-order chi connectivity index (χ1) is 9.28. The summed E-state index contributed by atoms with van der Waals surface area (Å²) in [5.74, 6) is 1.30. The molecule has 0 bridgehead atoms. The largest absolute Gasteiger partial charge is 0.317 e. The van der Waals surface area contributed by atoms with E-state index in [-0.39, 0.29) is 0 Å². The second kappa shape index (κ2) is 8.92. The Balaban J connectivity index is 3.07. The second-order valence-electron chi connectivity index (χ2n) is 5.14. The van der Waals surface area contributed by atoms with Crippen LogP contribution < -0.4 is 5.32 Å². The van der Waals surface area contributed by atoms with Crippen LogP contribution in [0.5, 0.6) is 0 Å². The molecular weight excluding hydrogens is 230 g/mol. The predicted octanol–water partition coefficient (Wildman–Crippen LogP) is 4.65. The Morgan fingerprint density at radius 1 is 0.895 bits per heavy atom. The van der Waals surface area contributed by atoms with Crippen LogP contribution in [0, 0.1) is 11.8 Å². The average molecular weight is 259 g/mol. The van der Waals surface area contributed by atoms with Crippen LogP contribution in [-0.4, -0.2) is 13.1 Å². The zero-order chi connectivity index (χ0) is 14.1. The zero-order valence-electron chi connectivity index (χ0n) is 12.9. The summed E-state index contributed by atoms with van der Waals surface area (Å²) >= 11 is 0. The fourth-order valence-electron chi connectivity index (χ4n) is 3.06. The highest BCUT2D eigenvalue weighted by Gasteiger charge is 2.26. The van der Waals surface area contributed by atoms with Crippen molar-refractivity contribution in [2.75, 3.05) is 13.1 Å². The molecule has 1 heterocycles. The number of hydrogen-bond donors (Lipinski definition) is 1. The van der Waals surface area contributed by atoms with Gasteiger partial charge in [0.05, 0.1) is 0 Å². The molecule has 0 aromatic carbocycles. The summed E-state index contributed by atoms with van der Waals surface area (Å²) in [6.07, 6.45) is 16.0. The van der Waals surface area contributed by atoms with Gasteiger partial charge in [0.1, 0.15) is 0 Å². The summed E-state index contributed by atoms with van der Waals surface area (Å²) in [6, 6.07) is 0. The molecule has 0 saturated carbocycles. The lowest BCUT2D eigenvalue weighted by atomic mass is 9.75. The van der Waals surface area contributed by atoms with E-state index in [4.69, 9.17) is 0 Å². The second-order valence-corrected chi connectivity index (χ2v) is 5.14. The van der Waals surface area contributed by atoms with Gasteiger partial charge in [0.25, 0.3) is 0 Å². The highest BCUT2D eigenvalue weighted by molar-refractivity contribution is 5.35. The van der Waals surface area contributed by atoms with Gasteiger partial charge in [0, 0.05) is 5.92 Å². The van der Waals surface area contributed by atoms with Crippen LogP contribution >= 0.6 is 0 Å². The van der Waals surface area contributed by atoms with Crippen molar-refractivity contribution in [1.29, 1.82) is 0 Å². The van der Waals surface area contributed by atoms with E-state index in [0.717, 1.165) is 19.0 Å². The molecule has 1 saturated heterocycles. The third-order valence-electron chi connectivity index (χ3n) is 3.96. The third kappa shape index (κ3) is 4.50. The van der Waals surface area contributed by atoms with E-state index in [0.29, 0.717) is 5.92 Å². The normalized spacial score (nSPS) is 21.5. The molecule has 0 aromatic rings. The smallest absolute Gasteiger partial charge is 0.0112 e. The summed E-state index contributed by atoms with van der Waals surface area (Å²) in [4.78, 5) is 0. The summed E-state index contributed by atoms with van der Waals surface area (Å²) in [5.41, 5.74) is 2.92. The Kier molecular flexibility index (Phi) is 7.50. The molecule has 19 heavy (non-hydrogen) atoms. The maximum Gasteiger partial charge on any atom is 0.0112 e. The van der Waals surface area contributed by atoms with Crippen LogP contribution in [0.3, 0.4) is 0 Å². The maximum atomic E-state index is 3.47. The van der Waals surface area contributed by atoms with Crippen molar-refractivity contribution in [1.82, 2.24) is 5.32 Å². The lowest BCUT2D eigenvalue weighted by molar-refractivity contribution is 0.320. The summed E-state index contributed by atoms with van der Waals surface area (Å²) < 4.78 is 0. The van der Waals surface area contributed by atoms with E-state index in [1.807, 2.05) is 0 Å². The summed E-state index contributed by atoms with van der Waals surface area (Å²) in [7, 11) is 0. The molecule has 0 aromatic heterocycles. The minimum absolute atomic E-state index is 0.546. The fourth-order valence-corrected chi connectivity index (χ4v) is 3.06. The first-order valence-electron chi connectivity index (χ1n) is 7.57. The van der Waals surface area contributed by atoms with Gasteiger partial charge in [-0.2, -0.15) is 0 Å². The fraction of sp³-hybridized carbons (Fsp3) is 0.556. The van der Waals surface area contributed by atoms with E-state index in [2.05, 4.69) is 69.5 Å². The van der Waals surface area contributed by atoms with E-state index in [1.54, 1.807) is 0 Å². The zero-order valence-corrected chi connectivity index (χ0v) is 12.9. The van der Waals surface area contributed by atoms with Crippen molar-refractivity contribution < 1.29 is 0 Å². The molecule has 1 rings (SSSR count). The van der Waals surface area contributed by atoms with Crippen LogP contribution in [0.25, 0.3) is 0 Å². The van der Waals surface area contributed by atoms with E-state index < -0.39 is 0 Å². The Hall–Kier alpha value is -1.08. The Morgan fingerprint density at radius 3 is 1.74 bits per heavy atom. The van der Waals surface area contributed by atoms with E-state index in [1.165, 1.54) is 24.0 Å². The quantitative estimate of drug-likeness (QED) is 0.709. The highest BCUT2D eigenvalue weighted by Crippen LogP contribution is 2.35. The Labute approximate surface area is 119 Å². The molecule has 1 nitrogen and oxygen atoms in total. The standard InChI is InChI=1S/C18H29N/c1-5-9-15(7-3)18(16(8-4)10-6-2)17-11-13-19-14-12-17/h5-10,17-19H,11-14H2,1-4H3/b9-5-,10-6-,15-7+,16-8+. The van der Waals surface area contributed by atoms with Gasteiger partial charge >= 0.3 is 0 Å². The molecule has 1 N–H and O–H groups in total. The molecule has 0 amide bonds. The van der Waals surface area contributed by atoms with Gasteiger partial charge in [-0.15, -0.1) is 0 Å². The van der Waals surface area contributed by atoms with Crippen molar-refractivity contribution in [2.24, 2.45) is 11.8 Å². The number of piperidine rings is 1. The van der Waals surface area contributed by atoms with Gasteiger partial charge in [0.2, 0.25) is 0 Å². The number of hydrogen-bond acceptors (Lipinski definition) is 1. The predicted molar refractivity (Wildman–Crippen MR) is 86.2 cm³/mol. The topological polar surface area (TPSA) is 12.0 Å². The monoisotopic (exact) mass is 259 g/mol. The molecule has 0 unspecified atom stereocenters. The average Bonchev–Trinajstić information content (AvgIpc) is 2.46. The molecule has 0 radical (unpaired) electrons. The number of allylic oxidation sites excluding steroid dienone is 8. The van der Waals surface area contributed by atoms with Gasteiger partial charge in [-0.05, 0) is 70.7 Å². The molecule has 1 heteroatoms. The lowest BCUT2D eigenvalue weighted by Gasteiger charge is -2.32. The number of rotatable bonds is 5. The molecule has 0 aliphatic carbocycles. The van der Waals surface area contributed by atoms with Crippen molar-refractivity contribution in [3.63, 3.8) is 0 Å². The molecular formula is C18H29N. The van der Waals surface area contributed by atoms with Gasteiger partial charge in [-0.3, -0.25) is 0 Å². The Morgan fingerprint density at radius 2 is 1.37 bits per heavy atom. The number of nitrogens with one attached hydrogen (secondary N) is 1. The first-order valence-corrected chi connectivity index (χ1v) is 7.57. The van der Waals surface area contributed by atoms with Crippen molar-refractivity contribution in [2.45, 2.75) is 40.5 Å². The van der Waals surface area contributed by atoms with E-state index >= 15 is 0 Å². The summed E-state index contributed by atoms with van der Waals surface area (Å²) in [6.45, 7) is 10.8. The molecule has 0 atom stereocenters. The molecule has 106 valence electrons. The van der Waals surface area contributed by atoms with Gasteiger partial charge in [-0.1, -0.05) is 36.5 Å². The van der Waals surface area contributed by atoms with Crippen LogP contribution in [-0.2, 0) is 0 Å². The highest BCUT2D eigenvalue weighted by atomic mass is 14.9. The van der Waals surface area contributed by atoms with E-state index in [9.17, 15) is 0 Å². The molecule has 1 aliphatic rings. The van der Waals surface area contributed by atoms with Gasteiger partial charge < -0.3 is 5.32 Å². The van der Waals surface area contributed by atoms with Crippen molar-refractivity contribution in [3.8, 4) is 0 Å². The van der Waals surface area contributed by atoms with Crippen LogP contribution in [0.1, 0.15) is 40.5 Å². The minimum atomic E-state index is 0.546. The van der Waals surface area contributed by atoms with Gasteiger partial charge in [0.15, 0.2) is 0 Å². The Bertz CT molecular complexity index is 337. The molecule has 0 spiro atoms. The van der Waals surface area contributed by atoms with Crippen LogP contribution in [0.2, 0.25) is 0 Å². The first kappa shape index (κ1) is 16.0. The molecule has 1 fully saturated rings. The lowest BCUT2D eigenvalue weighted by Crippen LogP contribution is -2.32. The summed E-state index contributed by atoms with van der Waals surface area (Å²) in [5, 5.41) is 3.47. The van der Waals surface area contributed by atoms with Crippen molar-refractivity contribution in [3.05, 3.63) is 47.6 Å². The third-order valence-corrected chi connectivity index (χ3v) is 3.96. The maximum absolute atomic E-state index is 3.47. The van der Waals surface area contributed by atoms with Crippen molar-refractivity contribution >= 4 is 0 Å². The van der Waals surface area contributed by atoms with Crippen LogP contribution in [0.15, 0.2) is 47.6 Å². The molecule has 1 aliphatic heterocycles. The SMILES string of the molecule is C/C=C\C(=C/C)C(C(/C=C\C)=C/C)C1CCNCC1. The van der Waals surface area contributed by atoms with Gasteiger partial charge in [-0.25, -0.2) is 0 Å². The minimum Gasteiger partial charge on any atom is -0.317 e. The van der Waals surface area contributed by atoms with Crippen LogP contribution in [0.4, 0.5) is 0 Å².